The maximum Gasteiger partial charge on any atom is 0.163 e. The fourth-order valence-corrected chi connectivity index (χ4v) is 5.79. The van der Waals surface area contributed by atoms with E-state index in [1.165, 1.54) is 4.70 Å². The van der Waals surface area contributed by atoms with Crippen molar-refractivity contribution in [1.29, 1.82) is 0 Å². The van der Waals surface area contributed by atoms with Gasteiger partial charge in [0.05, 0.1) is 33.7 Å². The first-order valence-electron chi connectivity index (χ1n) is 7.71. The van der Waals surface area contributed by atoms with E-state index >= 15 is 0 Å². The zero-order chi connectivity index (χ0) is 17.2. The van der Waals surface area contributed by atoms with Crippen molar-refractivity contribution in [3.63, 3.8) is 0 Å². The lowest BCUT2D eigenvalue weighted by Crippen LogP contribution is -2.07. The average Bonchev–Trinajstić information content (AvgIpc) is 3.17. The molecule has 0 atom stereocenters. The van der Waals surface area contributed by atoms with Crippen molar-refractivity contribution in [2.24, 2.45) is 0 Å². The first kappa shape index (κ1) is 17.0. The SMILES string of the molecule is OCCSc1nc2ccc(NCn3c(=S)sc4ccccc43)cc2s1. The van der Waals surface area contributed by atoms with Crippen LogP contribution >= 0.6 is 46.7 Å². The summed E-state index contributed by atoms with van der Waals surface area (Å²) in [6, 6.07) is 14.5. The lowest BCUT2D eigenvalue weighted by Gasteiger charge is -2.08. The first-order chi connectivity index (χ1) is 12.2. The molecule has 0 amide bonds. The molecule has 2 aromatic carbocycles. The number of para-hydroxylation sites is 1. The van der Waals surface area contributed by atoms with Crippen molar-refractivity contribution >= 4 is 72.8 Å². The van der Waals surface area contributed by atoms with Crippen LogP contribution < -0.4 is 5.32 Å². The van der Waals surface area contributed by atoms with Gasteiger partial charge in [-0.15, -0.1) is 22.7 Å². The third-order valence-electron chi connectivity index (χ3n) is 3.70. The first-order valence-corrected chi connectivity index (χ1v) is 10.7. The molecule has 2 heterocycles. The second-order valence-electron chi connectivity index (χ2n) is 5.33. The van der Waals surface area contributed by atoms with Gasteiger partial charge in [0, 0.05) is 11.4 Å². The predicted octanol–water partition coefficient (Wildman–Crippen LogP) is 5.20. The Kier molecular flexibility index (Phi) is 5.05. The molecule has 0 saturated carbocycles. The standard InChI is InChI=1S/C17H15N3OS4/c21-7-8-23-16-19-12-6-5-11(9-15(12)24-16)18-10-20-13-3-1-2-4-14(13)25-17(20)22/h1-6,9,18,21H,7-8,10H2. The summed E-state index contributed by atoms with van der Waals surface area (Å²) in [5.41, 5.74) is 3.20. The summed E-state index contributed by atoms with van der Waals surface area (Å²) >= 11 is 10.4. The van der Waals surface area contributed by atoms with E-state index in [-0.39, 0.29) is 6.61 Å². The van der Waals surface area contributed by atoms with Gasteiger partial charge < -0.3 is 15.0 Å². The molecule has 4 rings (SSSR count). The van der Waals surface area contributed by atoms with Gasteiger partial charge in [-0.25, -0.2) is 4.98 Å². The topological polar surface area (TPSA) is 50.1 Å². The molecule has 128 valence electrons. The van der Waals surface area contributed by atoms with E-state index in [1.54, 1.807) is 34.4 Å². The predicted molar refractivity (Wildman–Crippen MR) is 112 cm³/mol. The van der Waals surface area contributed by atoms with Crippen molar-refractivity contribution in [3.8, 4) is 0 Å². The quantitative estimate of drug-likeness (QED) is 0.341. The summed E-state index contributed by atoms with van der Waals surface area (Å²) in [6.45, 7) is 0.807. The van der Waals surface area contributed by atoms with Gasteiger partial charge in [-0.05, 0) is 42.5 Å². The van der Waals surface area contributed by atoms with Crippen LogP contribution in [0.3, 0.4) is 0 Å². The van der Waals surface area contributed by atoms with Crippen LogP contribution in [-0.4, -0.2) is 27.0 Å². The Morgan fingerprint density at radius 1 is 1.16 bits per heavy atom. The highest BCUT2D eigenvalue weighted by Crippen LogP contribution is 2.31. The van der Waals surface area contributed by atoms with E-state index < -0.39 is 0 Å². The Balaban J connectivity index is 1.56. The highest BCUT2D eigenvalue weighted by atomic mass is 32.2. The normalized spacial score (nSPS) is 11.4. The Morgan fingerprint density at radius 2 is 2.04 bits per heavy atom. The number of nitrogens with one attached hydrogen (secondary N) is 1. The van der Waals surface area contributed by atoms with Crippen LogP contribution in [0.4, 0.5) is 5.69 Å². The summed E-state index contributed by atoms with van der Waals surface area (Å²) in [5, 5.41) is 12.4. The molecule has 0 bridgehead atoms. The number of hydrogen-bond donors (Lipinski definition) is 2. The molecular formula is C17H15N3OS4. The number of thiazole rings is 2. The molecule has 0 saturated heterocycles. The lowest BCUT2D eigenvalue weighted by molar-refractivity contribution is 0.322. The lowest BCUT2D eigenvalue weighted by atomic mass is 10.3. The molecule has 0 aliphatic rings. The molecule has 0 fully saturated rings. The van der Waals surface area contributed by atoms with Gasteiger partial charge in [0.2, 0.25) is 0 Å². The van der Waals surface area contributed by atoms with Gasteiger partial charge in [0.1, 0.15) is 0 Å². The number of benzene rings is 2. The van der Waals surface area contributed by atoms with E-state index in [1.807, 2.05) is 24.3 Å². The molecular weight excluding hydrogens is 390 g/mol. The van der Waals surface area contributed by atoms with E-state index in [9.17, 15) is 0 Å². The van der Waals surface area contributed by atoms with Gasteiger partial charge in [-0.1, -0.05) is 23.9 Å². The maximum atomic E-state index is 8.94. The zero-order valence-electron chi connectivity index (χ0n) is 13.1. The van der Waals surface area contributed by atoms with E-state index in [2.05, 4.69) is 33.1 Å². The highest BCUT2D eigenvalue weighted by Gasteiger charge is 2.07. The summed E-state index contributed by atoms with van der Waals surface area (Å²) in [5.74, 6) is 0.675. The molecule has 0 aliphatic carbocycles. The number of aliphatic hydroxyl groups excluding tert-OH is 1. The third kappa shape index (κ3) is 3.58. The molecule has 2 aromatic heterocycles. The summed E-state index contributed by atoms with van der Waals surface area (Å²) in [4.78, 5) is 4.58. The molecule has 4 aromatic rings. The third-order valence-corrected chi connectivity index (χ3v) is 7.27. The van der Waals surface area contributed by atoms with Crippen molar-refractivity contribution in [2.45, 2.75) is 11.0 Å². The fraction of sp³-hybridized carbons (Fsp3) is 0.176. The molecule has 8 heteroatoms. The van der Waals surface area contributed by atoms with Crippen LogP contribution in [0.1, 0.15) is 0 Å². The zero-order valence-corrected chi connectivity index (χ0v) is 16.4. The number of thioether (sulfide) groups is 1. The highest BCUT2D eigenvalue weighted by molar-refractivity contribution is 8.01. The number of rotatable bonds is 6. The molecule has 0 spiro atoms. The summed E-state index contributed by atoms with van der Waals surface area (Å²) in [6.07, 6.45) is 0. The minimum absolute atomic E-state index is 0.169. The second-order valence-corrected chi connectivity index (χ2v) is 9.38. The molecule has 25 heavy (non-hydrogen) atoms. The average molecular weight is 406 g/mol. The van der Waals surface area contributed by atoms with Gasteiger partial charge in [-0.2, -0.15) is 0 Å². The number of nitrogens with zero attached hydrogens (tertiary/aromatic N) is 2. The maximum absolute atomic E-state index is 8.94. The van der Waals surface area contributed by atoms with Gasteiger partial charge in [0.25, 0.3) is 0 Å². The molecule has 4 nitrogen and oxygen atoms in total. The minimum atomic E-state index is 0.169. The van der Waals surface area contributed by atoms with Crippen LogP contribution in [-0.2, 0) is 6.67 Å². The minimum Gasteiger partial charge on any atom is -0.396 e. The van der Waals surface area contributed by atoms with Crippen LogP contribution in [0.5, 0.6) is 0 Å². The van der Waals surface area contributed by atoms with Crippen molar-refractivity contribution in [3.05, 3.63) is 46.4 Å². The van der Waals surface area contributed by atoms with E-state index in [0.717, 1.165) is 29.7 Å². The Hall–Kier alpha value is -1.45. The van der Waals surface area contributed by atoms with Crippen LogP contribution in [0, 0.1) is 3.95 Å². The van der Waals surface area contributed by atoms with E-state index in [4.69, 9.17) is 17.3 Å². The summed E-state index contributed by atoms with van der Waals surface area (Å²) < 4.78 is 6.33. The summed E-state index contributed by atoms with van der Waals surface area (Å²) in [7, 11) is 0. The number of fused-ring (bicyclic) bond motifs is 2. The number of aliphatic hydroxyl groups is 1. The molecule has 0 aliphatic heterocycles. The van der Waals surface area contributed by atoms with Crippen LogP contribution in [0.15, 0.2) is 46.8 Å². The van der Waals surface area contributed by atoms with Crippen LogP contribution in [0.25, 0.3) is 20.4 Å². The van der Waals surface area contributed by atoms with Crippen molar-refractivity contribution in [1.82, 2.24) is 9.55 Å². The van der Waals surface area contributed by atoms with E-state index in [0.29, 0.717) is 12.4 Å². The van der Waals surface area contributed by atoms with Gasteiger partial charge >= 0.3 is 0 Å². The van der Waals surface area contributed by atoms with Crippen molar-refractivity contribution < 1.29 is 5.11 Å². The molecule has 0 unspecified atom stereocenters. The number of anilines is 1. The smallest absolute Gasteiger partial charge is 0.163 e. The van der Waals surface area contributed by atoms with Gasteiger partial charge in [0.15, 0.2) is 8.29 Å². The largest absolute Gasteiger partial charge is 0.396 e. The Bertz CT molecular complexity index is 1080. The second kappa shape index (κ2) is 7.43. The van der Waals surface area contributed by atoms with Gasteiger partial charge in [-0.3, -0.25) is 0 Å². The number of hydrogen-bond acceptors (Lipinski definition) is 7. The number of aromatic nitrogens is 2. The van der Waals surface area contributed by atoms with Crippen LogP contribution in [0.2, 0.25) is 0 Å². The molecule has 2 N–H and O–H groups in total. The molecule has 0 radical (unpaired) electrons. The van der Waals surface area contributed by atoms with Crippen molar-refractivity contribution in [2.75, 3.05) is 17.7 Å². The Labute approximate surface area is 162 Å². The Morgan fingerprint density at radius 3 is 2.92 bits per heavy atom. The monoisotopic (exact) mass is 405 g/mol. The fourth-order valence-electron chi connectivity index (χ4n) is 2.54.